The number of rotatable bonds is 3. The largest absolute Gasteiger partial charge is 0.481 e. The average Bonchev–Trinajstić information content (AvgIpc) is 3.01. The third kappa shape index (κ3) is 2.16. The number of nitrogens with one attached hydrogen (secondary N) is 1. The molecular weight excluding hydrogens is 228 g/mol. The molecule has 2 heterocycles. The minimum Gasteiger partial charge on any atom is -0.481 e. The molecule has 0 bridgehead atoms. The highest BCUT2D eigenvalue weighted by atomic mass is 16.4. The van der Waals surface area contributed by atoms with Crippen molar-refractivity contribution in [3.8, 4) is 0 Å². The summed E-state index contributed by atoms with van der Waals surface area (Å²) in [5.41, 5.74) is 0. The summed E-state index contributed by atoms with van der Waals surface area (Å²) in [5, 5.41) is 12.6. The van der Waals surface area contributed by atoms with Crippen LogP contribution in [0.4, 0.5) is 0 Å². The van der Waals surface area contributed by atoms with Gasteiger partial charge >= 0.3 is 5.97 Å². The van der Waals surface area contributed by atoms with Gasteiger partial charge in [0.1, 0.15) is 0 Å². The molecular formula is C14H24N2O2. The molecule has 18 heavy (non-hydrogen) atoms. The van der Waals surface area contributed by atoms with Gasteiger partial charge in [-0.3, -0.25) is 9.69 Å². The summed E-state index contributed by atoms with van der Waals surface area (Å²) in [5.74, 6) is 0.506. The van der Waals surface area contributed by atoms with Crippen LogP contribution in [0, 0.1) is 17.8 Å². The van der Waals surface area contributed by atoms with Crippen molar-refractivity contribution in [2.45, 2.75) is 44.7 Å². The van der Waals surface area contributed by atoms with Crippen molar-refractivity contribution in [2.24, 2.45) is 17.8 Å². The second kappa shape index (κ2) is 4.82. The number of likely N-dealkylation sites (tertiary alicyclic amines) is 1. The topological polar surface area (TPSA) is 52.6 Å². The quantitative estimate of drug-likeness (QED) is 0.791. The molecule has 1 aliphatic carbocycles. The van der Waals surface area contributed by atoms with Gasteiger partial charge in [0.25, 0.3) is 0 Å². The lowest BCUT2D eigenvalue weighted by molar-refractivity contribution is -0.139. The maximum atomic E-state index is 11.0. The Kier molecular flexibility index (Phi) is 3.32. The lowest BCUT2D eigenvalue weighted by atomic mass is 9.92. The zero-order chi connectivity index (χ0) is 12.7. The fourth-order valence-corrected chi connectivity index (χ4v) is 4.10. The molecule has 0 amide bonds. The van der Waals surface area contributed by atoms with Crippen molar-refractivity contribution in [1.82, 2.24) is 10.2 Å². The number of hydrogen-bond acceptors (Lipinski definition) is 3. The van der Waals surface area contributed by atoms with E-state index in [0.29, 0.717) is 23.9 Å². The van der Waals surface area contributed by atoms with E-state index in [2.05, 4.69) is 17.1 Å². The zero-order valence-electron chi connectivity index (χ0n) is 11.1. The Morgan fingerprint density at radius 1 is 1.33 bits per heavy atom. The highest BCUT2D eigenvalue weighted by Crippen LogP contribution is 2.47. The molecule has 4 nitrogen and oxygen atoms in total. The van der Waals surface area contributed by atoms with Crippen LogP contribution in [-0.4, -0.2) is 47.7 Å². The number of piperidine rings is 1. The van der Waals surface area contributed by atoms with Crippen LogP contribution < -0.4 is 5.32 Å². The Labute approximate surface area is 109 Å². The predicted molar refractivity (Wildman–Crippen MR) is 69.4 cm³/mol. The third-order valence-corrected chi connectivity index (χ3v) is 5.16. The molecule has 3 aliphatic rings. The van der Waals surface area contributed by atoms with Gasteiger partial charge in [0.15, 0.2) is 0 Å². The van der Waals surface area contributed by atoms with E-state index in [1.807, 2.05) is 0 Å². The van der Waals surface area contributed by atoms with Crippen LogP contribution in [0.1, 0.15) is 32.6 Å². The highest BCUT2D eigenvalue weighted by molar-refractivity contribution is 5.73. The van der Waals surface area contributed by atoms with Crippen molar-refractivity contribution in [3.05, 3.63) is 0 Å². The highest BCUT2D eigenvalue weighted by Gasteiger charge is 2.52. The molecule has 4 heteroatoms. The van der Waals surface area contributed by atoms with E-state index in [-0.39, 0.29) is 5.92 Å². The Bertz CT molecular complexity index is 334. The molecule has 3 fully saturated rings. The first-order valence-electron chi connectivity index (χ1n) is 7.37. The summed E-state index contributed by atoms with van der Waals surface area (Å²) in [6.07, 6.45) is 4.60. The van der Waals surface area contributed by atoms with Gasteiger partial charge in [-0.05, 0) is 57.2 Å². The monoisotopic (exact) mass is 252 g/mol. The fraction of sp³-hybridized carbons (Fsp3) is 0.929. The molecule has 0 aromatic rings. The number of carbonyl (C=O) groups is 1. The second-order valence-corrected chi connectivity index (χ2v) is 6.33. The maximum absolute atomic E-state index is 11.0. The van der Waals surface area contributed by atoms with Crippen molar-refractivity contribution in [1.29, 1.82) is 0 Å². The third-order valence-electron chi connectivity index (χ3n) is 5.16. The van der Waals surface area contributed by atoms with Gasteiger partial charge in [0.2, 0.25) is 0 Å². The summed E-state index contributed by atoms with van der Waals surface area (Å²) in [4.78, 5) is 13.7. The van der Waals surface area contributed by atoms with Gasteiger partial charge in [-0.25, -0.2) is 0 Å². The minimum absolute atomic E-state index is 0.0485. The zero-order valence-corrected chi connectivity index (χ0v) is 11.1. The molecule has 0 spiro atoms. The molecule has 102 valence electrons. The number of nitrogens with zero attached hydrogens (tertiary/aromatic N) is 1. The molecule has 5 atom stereocenters. The van der Waals surface area contributed by atoms with Gasteiger partial charge in [-0.2, -0.15) is 0 Å². The Morgan fingerprint density at radius 2 is 2.17 bits per heavy atom. The Hall–Kier alpha value is -0.610. The van der Waals surface area contributed by atoms with Crippen LogP contribution in [0.3, 0.4) is 0 Å². The van der Waals surface area contributed by atoms with Crippen LogP contribution in [0.15, 0.2) is 0 Å². The first kappa shape index (κ1) is 12.4. The van der Waals surface area contributed by atoms with Gasteiger partial charge < -0.3 is 10.4 Å². The molecule has 0 radical (unpaired) electrons. The van der Waals surface area contributed by atoms with E-state index in [9.17, 15) is 4.79 Å². The molecule has 0 aromatic heterocycles. The normalized spacial score (nSPS) is 45.1. The second-order valence-electron chi connectivity index (χ2n) is 6.33. The SMILES string of the molecule is CC1CNCCC1N1CCCC1C1CC1C(=O)O. The Morgan fingerprint density at radius 3 is 2.83 bits per heavy atom. The van der Waals surface area contributed by atoms with Crippen molar-refractivity contribution in [2.75, 3.05) is 19.6 Å². The standard InChI is InChI=1S/C14H24N2O2/c1-9-8-15-5-4-12(9)16-6-2-3-13(16)10-7-11(10)14(17)18/h9-13,15H,2-8H2,1H3,(H,17,18). The predicted octanol–water partition coefficient (Wildman–Crippen LogP) is 1.17. The molecule has 5 unspecified atom stereocenters. The molecule has 1 saturated carbocycles. The van der Waals surface area contributed by atoms with Crippen molar-refractivity contribution < 1.29 is 9.90 Å². The van der Waals surface area contributed by atoms with E-state index >= 15 is 0 Å². The van der Waals surface area contributed by atoms with Crippen LogP contribution in [0.5, 0.6) is 0 Å². The first-order valence-corrected chi connectivity index (χ1v) is 7.37. The maximum Gasteiger partial charge on any atom is 0.306 e. The van der Waals surface area contributed by atoms with Crippen LogP contribution >= 0.6 is 0 Å². The molecule has 0 aromatic carbocycles. The number of hydrogen-bond donors (Lipinski definition) is 2. The van der Waals surface area contributed by atoms with E-state index in [1.54, 1.807) is 0 Å². The summed E-state index contributed by atoms with van der Waals surface area (Å²) in [6.45, 7) is 5.74. The fourth-order valence-electron chi connectivity index (χ4n) is 4.10. The summed E-state index contributed by atoms with van der Waals surface area (Å²) in [7, 11) is 0. The van der Waals surface area contributed by atoms with E-state index < -0.39 is 5.97 Å². The number of carboxylic acids is 1. The van der Waals surface area contributed by atoms with Gasteiger partial charge in [0, 0.05) is 12.1 Å². The molecule has 2 saturated heterocycles. The molecule has 2 N–H and O–H groups in total. The minimum atomic E-state index is -0.579. The van der Waals surface area contributed by atoms with E-state index in [1.165, 1.54) is 25.8 Å². The summed E-state index contributed by atoms with van der Waals surface area (Å²) >= 11 is 0. The number of aliphatic carboxylic acids is 1. The van der Waals surface area contributed by atoms with Gasteiger partial charge in [0.05, 0.1) is 5.92 Å². The Balaban J connectivity index is 1.66. The number of carboxylic acid groups (broad SMARTS) is 1. The lowest BCUT2D eigenvalue weighted by Crippen LogP contribution is -2.51. The summed E-state index contributed by atoms with van der Waals surface area (Å²) in [6, 6.07) is 1.23. The van der Waals surface area contributed by atoms with Crippen molar-refractivity contribution >= 4 is 5.97 Å². The van der Waals surface area contributed by atoms with Gasteiger partial charge in [-0.1, -0.05) is 6.92 Å². The average molecular weight is 252 g/mol. The van der Waals surface area contributed by atoms with Crippen LogP contribution in [-0.2, 0) is 4.79 Å². The van der Waals surface area contributed by atoms with Gasteiger partial charge in [-0.15, -0.1) is 0 Å². The molecule has 2 aliphatic heterocycles. The van der Waals surface area contributed by atoms with Crippen LogP contribution in [0.2, 0.25) is 0 Å². The summed E-state index contributed by atoms with van der Waals surface area (Å²) < 4.78 is 0. The first-order chi connectivity index (χ1) is 8.68. The van der Waals surface area contributed by atoms with E-state index in [0.717, 1.165) is 19.5 Å². The van der Waals surface area contributed by atoms with E-state index in [4.69, 9.17) is 5.11 Å². The lowest BCUT2D eigenvalue weighted by Gasteiger charge is -2.40. The molecule has 3 rings (SSSR count). The van der Waals surface area contributed by atoms with Crippen molar-refractivity contribution in [3.63, 3.8) is 0 Å². The van der Waals surface area contributed by atoms with Crippen LogP contribution in [0.25, 0.3) is 0 Å². The smallest absolute Gasteiger partial charge is 0.306 e.